The Morgan fingerprint density at radius 1 is 1.45 bits per heavy atom. The Balaban J connectivity index is 2.36. The summed E-state index contributed by atoms with van der Waals surface area (Å²) in [4.78, 5) is 0. The molecule has 1 heterocycles. The van der Waals surface area contributed by atoms with Gasteiger partial charge >= 0.3 is 0 Å². The van der Waals surface area contributed by atoms with Crippen molar-refractivity contribution < 1.29 is 4.74 Å². The Labute approximate surface area is 69.1 Å². The van der Waals surface area contributed by atoms with Crippen molar-refractivity contribution in [1.82, 2.24) is 0 Å². The molecule has 0 aromatic heterocycles. The second-order valence-electron chi connectivity index (χ2n) is 3.96. The summed E-state index contributed by atoms with van der Waals surface area (Å²) in [6.45, 7) is 7.33. The van der Waals surface area contributed by atoms with Crippen LogP contribution in [0.5, 0.6) is 0 Å². The lowest BCUT2D eigenvalue weighted by Gasteiger charge is -2.21. The highest BCUT2D eigenvalue weighted by Gasteiger charge is 2.28. The van der Waals surface area contributed by atoms with Gasteiger partial charge in [0.2, 0.25) is 0 Å². The smallest absolute Gasteiger partial charge is 0.0551 e. The molecule has 0 aliphatic carbocycles. The Morgan fingerprint density at radius 2 is 2.09 bits per heavy atom. The van der Waals surface area contributed by atoms with Gasteiger partial charge < -0.3 is 10.5 Å². The highest BCUT2D eigenvalue weighted by atomic mass is 16.5. The first kappa shape index (κ1) is 9.01. The summed E-state index contributed by atoms with van der Waals surface area (Å²) >= 11 is 0. The molecule has 0 spiro atoms. The van der Waals surface area contributed by atoms with Crippen LogP contribution in [0.3, 0.4) is 0 Å². The monoisotopic (exact) mass is 157 g/mol. The normalized spacial score (nSPS) is 34.6. The molecule has 0 radical (unpaired) electrons. The van der Waals surface area contributed by atoms with E-state index in [1.807, 2.05) is 0 Å². The molecule has 1 fully saturated rings. The van der Waals surface area contributed by atoms with E-state index in [-0.39, 0.29) is 0 Å². The molecule has 0 aromatic carbocycles. The second kappa shape index (κ2) is 3.55. The summed E-state index contributed by atoms with van der Waals surface area (Å²) in [5, 5.41) is 0. The van der Waals surface area contributed by atoms with Gasteiger partial charge in [-0.3, -0.25) is 0 Å². The summed E-state index contributed by atoms with van der Waals surface area (Å²) in [5.74, 6) is 1.17. The van der Waals surface area contributed by atoms with Crippen LogP contribution < -0.4 is 5.73 Å². The third kappa shape index (κ3) is 2.17. The molecule has 1 rings (SSSR count). The molecule has 1 aliphatic heterocycles. The van der Waals surface area contributed by atoms with E-state index >= 15 is 0 Å². The standard InChI is InChI=1S/C9H19NO/c1-6(2)9(10)8-4-7(3)11-5-8/h6-9H,4-5,10H2,1-3H3. The number of nitrogens with two attached hydrogens (primary N) is 1. The maximum Gasteiger partial charge on any atom is 0.0551 e. The average molecular weight is 157 g/mol. The third-order valence-electron chi connectivity index (χ3n) is 2.54. The van der Waals surface area contributed by atoms with Gasteiger partial charge in [-0.15, -0.1) is 0 Å². The molecule has 66 valence electrons. The minimum Gasteiger partial charge on any atom is -0.378 e. The molecular formula is C9H19NO. The van der Waals surface area contributed by atoms with E-state index < -0.39 is 0 Å². The van der Waals surface area contributed by atoms with Crippen LogP contribution >= 0.6 is 0 Å². The minimum atomic E-state index is 0.319. The van der Waals surface area contributed by atoms with Crippen molar-refractivity contribution in [3.8, 4) is 0 Å². The largest absolute Gasteiger partial charge is 0.378 e. The zero-order valence-corrected chi connectivity index (χ0v) is 7.71. The van der Waals surface area contributed by atoms with Gasteiger partial charge in [0.25, 0.3) is 0 Å². The summed E-state index contributed by atoms with van der Waals surface area (Å²) in [6, 6.07) is 0.319. The maximum atomic E-state index is 6.00. The van der Waals surface area contributed by atoms with E-state index in [1.54, 1.807) is 0 Å². The van der Waals surface area contributed by atoms with Gasteiger partial charge in [-0.05, 0) is 19.3 Å². The maximum absolute atomic E-state index is 6.00. The van der Waals surface area contributed by atoms with Gasteiger partial charge in [0.15, 0.2) is 0 Å². The molecule has 3 unspecified atom stereocenters. The number of rotatable bonds is 2. The van der Waals surface area contributed by atoms with E-state index in [1.165, 1.54) is 0 Å². The lowest BCUT2D eigenvalue weighted by molar-refractivity contribution is 0.116. The van der Waals surface area contributed by atoms with Crippen molar-refractivity contribution in [2.45, 2.75) is 39.3 Å². The number of hydrogen-bond acceptors (Lipinski definition) is 2. The molecule has 3 atom stereocenters. The summed E-state index contributed by atoms with van der Waals surface area (Å²) in [5.41, 5.74) is 6.00. The van der Waals surface area contributed by atoms with Crippen LogP contribution in [0.1, 0.15) is 27.2 Å². The van der Waals surface area contributed by atoms with Crippen LogP contribution in [-0.2, 0) is 4.74 Å². The van der Waals surface area contributed by atoms with Gasteiger partial charge in [-0.2, -0.15) is 0 Å². The molecule has 2 nitrogen and oxygen atoms in total. The quantitative estimate of drug-likeness (QED) is 0.657. The van der Waals surface area contributed by atoms with Crippen molar-refractivity contribution in [2.24, 2.45) is 17.6 Å². The first-order valence-electron chi connectivity index (χ1n) is 4.48. The van der Waals surface area contributed by atoms with Crippen molar-refractivity contribution in [2.75, 3.05) is 6.61 Å². The first-order chi connectivity index (χ1) is 5.11. The topological polar surface area (TPSA) is 35.2 Å². The van der Waals surface area contributed by atoms with Gasteiger partial charge in [-0.1, -0.05) is 13.8 Å². The minimum absolute atomic E-state index is 0.319. The van der Waals surface area contributed by atoms with Crippen LogP contribution in [0.25, 0.3) is 0 Å². The van der Waals surface area contributed by atoms with Crippen molar-refractivity contribution >= 4 is 0 Å². The fraction of sp³-hybridized carbons (Fsp3) is 1.00. The molecule has 1 saturated heterocycles. The van der Waals surface area contributed by atoms with E-state index in [4.69, 9.17) is 10.5 Å². The van der Waals surface area contributed by atoms with Crippen molar-refractivity contribution in [3.63, 3.8) is 0 Å². The predicted molar refractivity (Wildman–Crippen MR) is 46.3 cm³/mol. The van der Waals surface area contributed by atoms with E-state index in [9.17, 15) is 0 Å². The van der Waals surface area contributed by atoms with Gasteiger partial charge in [0.05, 0.1) is 12.7 Å². The molecule has 1 aliphatic rings. The fourth-order valence-electron chi connectivity index (χ4n) is 1.66. The molecule has 0 amide bonds. The summed E-state index contributed by atoms with van der Waals surface area (Å²) in [7, 11) is 0. The Bertz CT molecular complexity index is 125. The van der Waals surface area contributed by atoms with Crippen LogP contribution in [-0.4, -0.2) is 18.8 Å². The first-order valence-corrected chi connectivity index (χ1v) is 4.48. The number of hydrogen-bond donors (Lipinski definition) is 1. The van der Waals surface area contributed by atoms with E-state index in [0.29, 0.717) is 24.0 Å². The van der Waals surface area contributed by atoms with Crippen LogP contribution in [0.15, 0.2) is 0 Å². The van der Waals surface area contributed by atoms with Crippen LogP contribution in [0.2, 0.25) is 0 Å². The SMILES string of the molecule is CC1CC(C(N)C(C)C)CO1. The molecule has 0 saturated carbocycles. The Kier molecular flexibility index (Phi) is 2.90. The van der Waals surface area contributed by atoms with E-state index in [0.717, 1.165) is 13.0 Å². The van der Waals surface area contributed by atoms with Crippen LogP contribution in [0, 0.1) is 11.8 Å². The predicted octanol–water partition coefficient (Wildman–Crippen LogP) is 1.39. The zero-order valence-electron chi connectivity index (χ0n) is 7.71. The van der Waals surface area contributed by atoms with Crippen molar-refractivity contribution in [1.29, 1.82) is 0 Å². The van der Waals surface area contributed by atoms with Gasteiger partial charge in [0, 0.05) is 12.0 Å². The summed E-state index contributed by atoms with van der Waals surface area (Å²) in [6.07, 6.45) is 1.56. The average Bonchev–Trinajstić information content (AvgIpc) is 2.34. The Morgan fingerprint density at radius 3 is 2.45 bits per heavy atom. The van der Waals surface area contributed by atoms with Crippen LogP contribution in [0.4, 0.5) is 0 Å². The fourth-order valence-corrected chi connectivity index (χ4v) is 1.66. The Hall–Kier alpha value is -0.0800. The molecule has 11 heavy (non-hydrogen) atoms. The molecule has 0 bridgehead atoms. The second-order valence-corrected chi connectivity index (χ2v) is 3.96. The lowest BCUT2D eigenvalue weighted by Crippen LogP contribution is -2.35. The van der Waals surface area contributed by atoms with Crippen molar-refractivity contribution in [3.05, 3.63) is 0 Å². The van der Waals surface area contributed by atoms with Gasteiger partial charge in [-0.25, -0.2) is 0 Å². The third-order valence-corrected chi connectivity index (χ3v) is 2.54. The molecular weight excluding hydrogens is 138 g/mol. The highest BCUT2D eigenvalue weighted by molar-refractivity contribution is 4.81. The van der Waals surface area contributed by atoms with Gasteiger partial charge in [0.1, 0.15) is 0 Å². The van der Waals surface area contributed by atoms with E-state index in [2.05, 4.69) is 20.8 Å². The molecule has 2 heteroatoms. The lowest BCUT2D eigenvalue weighted by atomic mass is 9.90. The summed E-state index contributed by atoms with van der Waals surface area (Å²) < 4.78 is 5.46. The number of ether oxygens (including phenoxy) is 1. The highest BCUT2D eigenvalue weighted by Crippen LogP contribution is 2.24. The molecule has 2 N–H and O–H groups in total. The molecule has 0 aromatic rings. The zero-order chi connectivity index (χ0) is 8.43.